The van der Waals surface area contributed by atoms with Crippen molar-refractivity contribution >= 4 is 45.5 Å². The van der Waals surface area contributed by atoms with Crippen LogP contribution in [0.15, 0.2) is 0 Å². The molecule has 0 fully saturated rings. The van der Waals surface area contributed by atoms with E-state index in [0.29, 0.717) is 6.92 Å². The minimum absolute atomic E-state index is 0. The van der Waals surface area contributed by atoms with E-state index in [1.54, 1.807) is 0 Å². The maximum atomic E-state index is 11.4. The number of nitrogens with one attached hydrogen (secondary N) is 1. The molecule has 0 saturated heterocycles. The van der Waals surface area contributed by atoms with E-state index < -0.39 is 21.4 Å². The van der Waals surface area contributed by atoms with Crippen molar-refractivity contribution in [2.24, 2.45) is 0 Å². The summed E-state index contributed by atoms with van der Waals surface area (Å²) in [6.07, 6.45) is 0. The summed E-state index contributed by atoms with van der Waals surface area (Å²) in [5, 5.41) is 0. The minimum atomic E-state index is -5.50. The Balaban J connectivity index is 0. The van der Waals surface area contributed by atoms with Crippen molar-refractivity contribution in [2.75, 3.05) is 0 Å². The summed E-state index contributed by atoms with van der Waals surface area (Å²) >= 11 is 0. The molecule has 0 rings (SSSR count). The van der Waals surface area contributed by atoms with Gasteiger partial charge in [0, 0.05) is 36.5 Å². The normalized spacial score (nSPS) is 11.7. The van der Waals surface area contributed by atoms with Gasteiger partial charge in [0.05, 0.1) is 0 Å². The molecule has 0 aromatic rings. The van der Waals surface area contributed by atoms with E-state index in [1.807, 2.05) is 0 Å². The monoisotopic (exact) mass is 214 g/mol. The topological polar surface area (TPSA) is 63.2 Å². The van der Waals surface area contributed by atoms with E-state index >= 15 is 0 Å². The molecule has 12 heavy (non-hydrogen) atoms. The van der Waals surface area contributed by atoms with Gasteiger partial charge in [-0.2, -0.15) is 21.6 Å². The number of carbonyl (C=O) groups is 1. The maximum absolute atomic E-state index is 11.4. The molecule has 0 heterocycles. The van der Waals surface area contributed by atoms with Crippen molar-refractivity contribution in [3.63, 3.8) is 0 Å². The number of hydrogen-bond acceptors (Lipinski definition) is 3. The molecule has 67 valence electrons. The van der Waals surface area contributed by atoms with Crippen LogP contribution in [0.4, 0.5) is 13.2 Å². The molecule has 1 N–H and O–H groups in total. The number of halogens is 3. The van der Waals surface area contributed by atoms with Crippen LogP contribution in [0, 0.1) is 0 Å². The summed E-state index contributed by atoms with van der Waals surface area (Å²) in [7, 11) is -5.50. The molecule has 1 amide bonds. The first-order valence-corrected chi connectivity index (χ1v) is 3.75. The average molecular weight is 214 g/mol. The Labute approximate surface area is 88.9 Å². The van der Waals surface area contributed by atoms with E-state index in [9.17, 15) is 26.4 Å². The van der Waals surface area contributed by atoms with Gasteiger partial charge in [0.15, 0.2) is 0 Å². The van der Waals surface area contributed by atoms with Gasteiger partial charge in [0.2, 0.25) is 5.91 Å². The number of sulfonamides is 1. The van der Waals surface area contributed by atoms with Gasteiger partial charge in [-0.25, -0.2) is 4.72 Å². The van der Waals surface area contributed by atoms with E-state index in [-0.39, 0.29) is 29.6 Å². The predicted molar refractivity (Wildman–Crippen MR) is 34.5 cm³/mol. The second kappa shape index (κ2) is 4.45. The van der Waals surface area contributed by atoms with E-state index in [0.717, 1.165) is 4.72 Å². The molecule has 4 nitrogen and oxygen atoms in total. The molecule has 0 saturated carbocycles. The van der Waals surface area contributed by atoms with Gasteiger partial charge in [0.1, 0.15) is 0 Å². The molecule has 0 atom stereocenters. The van der Waals surface area contributed by atoms with E-state index in [4.69, 9.17) is 0 Å². The molecule has 0 spiro atoms. The number of rotatable bonds is 1. The Hall–Kier alpha value is 0.210. The molecule has 0 aliphatic rings. The van der Waals surface area contributed by atoms with Crippen LogP contribution in [-0.2, 0) is 14.8 Å². The van der Waals surface area contributed by atoms with E-state index in [2.05, 4.69) is 0 Å². The average Bonchev–Trinajstić information content (AvgIpc) is 1.56. The Morgan fingerprint density at radius 3 is 1.75 bits per heavy atom. The van der Waals surface area contributed by atoms with Gasteiger partial charge in [0.25, 0.3) is 0 Å². The largest absolute Gasteiger partial charge is 0.516 e. The maximum Gasteiger partial charge on any atom is 0.516 e. The first kappa shape index (κ1) is 14.7. The number of alkyl halides is 3. The summed E-state index contributed by atoms with van der Waals surface area (Å²) in [6.45, 7) is 0.670. The van der Waals surface area contributed by atoms with E-state index in [1.165, 1.54) is 0 Å². The van der Waals surface area contributed by atoms with Crippen LogP contribution >= 0.6 is 0 Å². The second-order valence-corrected chi connectivity index (χ2v) is 3.28. The van der Waals surface area contributed by atoms with Gasteiger partial charge in [-0.3, -0.25) is 4.79 Å². The van der Waals surface area contributed by atoms with Crippen LogP contribution in [0.1, 0.15) is 6.92 Å². The molecule has 0 aliphatic heterocycles. The molecule has 1 radical (unpaired) electrons. The summed E-state index contributed by atoms with van der Waals surface area (Å²) in [5.41, 5.74) is -5.43. The van der Waals surface area contributed by atoms with Crippen LogP contribution < -0.4 is 4.72 Å². The third-order valence-electron chi connectivity index (χ3n) is 0.583. The van der Waals surface area contributed by atoms with Gasteiger partial charge < -0.3 is 0 Å². The zero-order chi connectivity index (χ0) is 9.28. The van der Waals surface area contributed by atoms with Crippen molar-refractivity contribution in [1.82, 2.24) is 4.72 Å². The number of hydrogen-bond donors (Lipinski definition) is 1. The smallest absolute Gasteiger partial charge is 0.274 e. The van der Waals surface area contributed by atoms with Crippen molar-refractivity contribution < 1.29 is 26.4 Å². The summed E-state index contributed by atoms with van der Waals surface area (Å²) in [4.78, 5) is 9.92. The Morgan fingerprint density at radius 2 is 1.67 bits per heavy atom. The van der Waals surface area contributed by atoms with Crippen LogP contribution in [0.25, 0.3) is 0 Å². The second-order valence-electron chi connectivity index (χ2n) is 1.61. The van der Waals surface area contributed by atoms with Crippen molar-refractivity contribution in [2.45, 2.75) is 12.4 Å². The third kappa shape index (κ3) is 4.29. The quantitative estimate of drug-likeness (QED) is 0.603. The van der Waals surface area contributed by atoms with Crippen LogP contribution in [-0.4, -0.2) is 49.4 Å². The fourth-order valence-electron chi connectivity index (χ4n) is 0.247. The Bertz CT molecular complexity index is 258. The standard InChI is InChI=1S/C3H4F3NO3S.Na/c1-2(8)7-11(9,10)3(4,5)6;/h1H3,(H,7,8);. The van der Waals surface area contributed by atoms with Crippen molar-refractivity contribution in [1.29, 1.82) is 0 Å². The molecular formula is C3H4F3NNaO3S. The SMILES string of the molecule is CC(=O)NS(=O)(=O)C(F)(F)F.[Na]. The van der Waals surface area contributed by atoms with Gasteiger partial charge in [-0.1, -0.05) is 0 Å². The van der Waals surface area contributed by atoms with Gasteiger partial charge in [-0.15, -0.1) is 0 Å². The molecule has 0 bridgehead atoms. The summed E-state index contributed by atoms with van der Waals surface area (Å²) < 4.78 is 55.0. The third-order valence-corrected chi connectivity index (χ3v) is 1.75. The zero-order valence-electron chi connectivity index (χ0n) is 6.27. The van der Waals surface area contributed by atoms with Gasteiger partial charge >= 0.3 is 15.5 Å². The van der Waals surface area contributed by atoms with Crippen LogP contribution in [0.3, 0.4) is 0 Å². The van der Waals surface area contributed by atoms with Crippen molar-refractivity contribution in [3.8, 4) is 0 Å². The molecular weight excluding hydrogens is 210 g/mol. The number of carbonyl (C=O) groups excluding carboxylic acids is 1. The fraction of sp³-hybridized carbons (Fsp3) is 0.667. The Kier molecular flexibility index (Phi) is 5.45. The predicted octanol–water partition coefficient (Wildman–Crippen LogP) is -0.409. The molecule has 0 aromatic heterocycles. The number of amides is 1. The first-order chi connectivity index (χ1) is 4.67. The summed E-state index contributed by atoms with van der Waals surface area (Å²) in [6, 6.07) is 0. The van der Waals surface area contributed by atoms with Gasteiger partial charge in [-0.05, 0) is 0 Å². The molecule has 9 heteroatoms. The zero-order valence-corrected chi connectivity index (χ0v) is 9.08. The Morgan fingerprint density at radius 1 is 1.33 bits per heavy atom. The van der Waals surface area contributed by atoms with Crippen LogP contribution in [0.2, 0.25) is 0 Å². The fourth-order valence-corrected chi connectivity index (χ4v) is 0.741. The first-order valence-electron chi connectivity index (χ1n) is 2.26. The molecule has 0 aromatic carbocycles. The van der Waals surface area contributed by atoms with Crippen LogP contribution in [0.5, 0.6) is 0 Å². The molecule has 0 unspecified atom stereocenters. The molecule has 0 aliphatic carbocycles. The summed E-state index contributed by atoms with van der Waals surface area (Å²) in [5.74, 6) is -1.28. The minimum Gasteiger partial charge on any atom is -0.274 e. The van der Waals surface area contributed by atoms with Crippen molar-refractivity contribution in [3.05, 3.63) is 0 Å².